The maximum Gasteiger partial charge on any atom is 0.204 e. The zero-order valence-corrected chi connectivity index (χ0v) is 19.9. The Kier molecular flexibility index (Phi) is 8.25. The van der Waals surface area contributed by atoms with Gasteiger partial charge < -0.3 is 14.8 Å². The van der Waals surface area contributed by atoms with E-state index < -0.39 is 0 Å². The fourth-order valence-corrected chi connectivity index (χ4v) is 3.83. The van der Waals surface area contributed by atoms with Crippen molar-refractivity contribution >= 4 is 28.3 Å². The summed E-state index contributed by atoms with van der Waals surface area (Å²) >= 11 is 0. The SMILES string of the molecule is CCOc1cc2nc(NCCCCCC(=O)CC(C)C)c3nnc(C)n3c2cc1OCC. The molecule has 3 rings (SSSR count). The predicted octanol–water partition coefficient (Wildman–Crippen LogP) is 4.97. The molecule has 0 fully saturated rings. The number of unbranched alkanes of at least 4 members (excludes halogenated alkanes) is 2. The summed E-state index contributed by atoms with van der Waals surface area (Å²) in [6, 6.07) is 3.85. The van der Waals surface area contributed by atoms with Crippen molar-refractivity contribution in [2.24, 2.45) is 5.92 Å². The number of ether oxygens (including phenoxy) is 2. The van der Waals surface area contributed by atoms with Gasteiger partial charge in [-0.1, -0.05) is 20.3 Å². The summed E-state index contributed by atoms with van der Waals surface area (Å²) in [5, 5.41) is 12.0. The van der Waals surface area contributed by atoms with E-state index in [-0.39, 0.29) is 0 Å². The molecule has 8 nitrogen and oxygen atoms in total. The first-order chi connectivity index (χ1) is 15.4. The number of benzene rings is 1. The third-order valence-electron chi connectivity index (χ3n) is 5.21. The van der Waals surface area contributed by atoms with Gasteiger partial charge in [-0.15, -0.1) is 10.2 Å². The van der Waals surface area contributed by atoms with Crippen molar-refractivity contribution in [2.75, 3.05) is 25.1 Å². The minimum atomic E-state index is 0.362. The van der Waals surface area contributed by atoms with Crippen LogP contribution in [0.2, 0.25) is 0 Å². The van der Waals surface area contributed by atoms with Crippen molar-refractivity contribution in [3.63, 3.8) is 0 Å². The van der Waals surface area contributed by atoms with E-state index in [0.29, 0.717) is 60.7 Å². The van der Waals surface area contributed by atoms with Crippen molar-refractivity contribution in [1.29, 1.82) is 0 Å². The van der Waals surface area contributed by atoms with Gasteiger partial charge in [-0.05, 0) is 39.5 Å². The summed E-state index contributed by atoms with van der Waals surface area (Å²) in [7, 11) is 0. The Morgan fingerprint density at radius 1 is 1.06 bits per heavy atom. The summed E-state index contributed by atoms with van der Waals surface area (Å²) in [6.07, 6.45) is 4.23. The minimum Gasteiger partial charge on any atom is -0.490 e. The molecule has 0 saturated carbocycles. The molecule has 0 radical (unpaired) electrons. The van der Waals surface area contributed by atoms with Crippen molar-refractivity contribution in [3.8, 4) is 11.5 Å². The summed E-state index contributed by atoms with van der Waals surface area (Å²) < 4.78 is 13.6. The number of anilines is 1. The number of fused-ring (bicyclic) bond motifs is 3. The van der Waals surface area contributed by atoms with E-state index in [9.17, 15) is 4.79 Å². The van der Waals surface area contributed by atoms with Crippen LogP contribution in [0.1, 0.15) is 65.6 Å². The van der Waals surface area contributed by atoms with Crippen molar-refractivity contribution < 1.29 is 14.3 Å². The van der Waals surface area contributed by atoms with Gasteiger partial charge in [0.2, 0.25) is 5.65 Å². The molecule has 0 unspecified atom stereocenters. The first kappa shape index (κ1) is 23.8. The molecule has 0 spiro atoms. The van der Waals surface area contributed by atoms with E-state index in [1.54, 1.807) is 0 Å². The molecule has 2 heterocycles. The highest BCUT2D eigenvalue weighted by Crippen LogP contribution is 2.34. The van der Waals surface area contributed by atoms with Gasteiger partial charge in [0, 0.05) is 31.5 Å². The van der Waals surface area contributed by atoms with Gasteiger partial charge in [-0.25, -0.2) is 4.98 Å². The number of carbonyl (C=O) groups is 1. The number of aryl methyl sites for hydroxylation is 1. The van der Waals surface area contributed by atoms with E-state index in [0.717, 1.165) is 42.7 Å². The predicted molar refractivity (Wildman–Crippen MR) is 127 cm³/mol. The molecular formula is C24H35N5O3. The fraction of sp³-hybridized carbons (Fsp3) is 0.583. The average Bonchev–Trinajstić information content (AvgIpc) is 3.13. The number of Topliss-reactive ketones (excluding diaryl/α,β-unsaturated/α-hetero) is 1. The van der Waals surface area contributed by atoms with E-state index >= 15 is 0 Å². The summed E-state index contributed by atoms with van der Waals surface area (Å²) in [5.74, 6) is 3.64. The maximum absolute atomic E-state index is 11.9. The number of hydrogen-bond acceptors (Lipinski definition) is 7. The smallest absolute Gasteiger partial charge is 0.204 e. The number of rotatable bonds is 13. The fourth-order valence-electron chi connectivity index (χ4n) is 3.83. The molecule has 1 aromatic carbocycles. The van der Waals surface area contributed by atoms with Crippen LogP contribution in [0.3, 0.4) is 0 Å². The van der Waals surface area contributed by atoms with Gasteiger partial charge in [0.05, 0.1) is 24.2 Å². The Balaban J connectivity index is 1.75. The van der Waals surface area contributed by atoms with Crippen LogP contribution in [-0.2, 0) is 4.79 Å². The molecule has 0 atom stereocenters. The lowest BCUT2D eigenvalue weighted by Crippen LogP contribution is -2.08. The lowest BCUT2D eigenvalue weighted by Gasteiger charge is -2.14. The highest BCUT2D eigenvalue weighted by Gasteiger charge is 2.16. The highest BCUT2D eigenvalue weighted by molar-refractivity contribution is 5.86. The van der Waals surface area contributed by atoms with E-state index in [4.69, 9.17) is 14.5 Å². The minimum absolute atomic E-state index is 0.362. The third-order valence-corrected chi connectivity index (χ3v) is 5.21. The number of nitrogens with zero attached hydrogens (tertiary/aromatic N) is 4. The van der Waals surface area contributed by atoms with Crippen LogP contribution in [0.5, 0.6) is 11.5 Å². The molecule has 174 valence electrons. The van der Waals surface area contributed by atoms with Crippen LogP contribution in [0.4, 0.5) is 5.82 Å². The van der Waals surface area contributed by atoms with Crippen molar-refractivity contribution in [3.05, 3.63) is 18.0 Å². The topological polar surface area (TPSA) is 90.6 Å². The largest absolute Gasteiger partial charge is 0.490 e. The zero-order valence-electron chi connectivity index (χ0n) is 19.9. The molecular weight excluding hydrogens is 406 g/mol. The van der Waals surface area contributed by atoms with Crippen LogP contribution in [0, 0.1) is 12.8 Å². The summed E-state index contributed by atoms with van der Waals surface area (Å²) in [5.41, 5.74) is 2.35. The molecule has 3 aromatic rings. The van der Waals surface area contributed by atoms with Gasteiger partial charge in [-0.3, -0.25) is 9.20 Å². The van der Waals surface area contributed by atoms with Gasteiger partial charge in [0.1, 0.15) is 11.6 Å². The second-order valence-corrected chi connectivity index (χ2v) is 8.39. The first-order valence-corrected chi connectivity index (χ1v) is 11.6. The molecule has 1 N–H and O–H groups in total. The van der Waals surface area contributed by atoms with Crippen LogP contribution >= 0.6 is 0 Å². The Morgan fingerprint density at radius 2 is 1.78 bits per heavy atom. The molecule has 2 aromatic heterocycles. The van der Waals surface area contributed by atoms with Crippen LogP contribution in [0.25, 0.3) is 16.7 Å². The molecule has 0 aliphatic heterocycles. The zero-order chi connectivity index (χ0) is 23.1. The Bertz CT molecular complexity index is 1060. The van der Waals surface area contributed by atoms with Crippen molar-refractivity contribution in [2.45, 2.75) is 66.7 Å². The van der Waals surface area contributed by atoms with Crippen LogP contribution < -0.4 is 14.8 Å². The second kappa shape index (κ2) is 11.1. The van der Waals surface area contributed by atoms with Crippen LogP contribution in [-0.4, -0.2) is 45.1 Å². The normalized spacial score (nSPS) is 11.4. The molecule has 0 amide bonds. The molecule has 0 bridgehead atoms. The lowest BCUT2D eigenvalue weighted by atomic mass is 10.0. The third kappa shape index (κ3) is 5.66. The number of ketones is 1. The van der Waals surface area contributed by atoms with Gasteiger partial charge in [-0.2, -0.15) is 0 Å². The monoisotopic (exact) mass is 441 g/mol. The van der Waals surface area contributed by atoms with Gasteiger partial charge in [0.25, 0.3) is 0 Å². The average molecular weight is 442 g/mol. The van der Waals surface area contributed by atoms with Crippen molar-refractivity contribution in [1.82, 2.24) is 19.6 Å². The first-order valence-electron chi connectivity index (χ1n) is 11.6. The Labute approximate surface area is 189 Å². The Morgan fingerprint density at radius 3 is 2.47 bits per heavy atom. The molecule has 0 aliphatic carbocycles. The summed E-state index contributed by atoms with van der Waals surface area (Å²) in [6.45, 7) is 11.8. The Hall–Kier alpha value is -2.90. The number of hydrogen-bond donors (Lipinski definition) is 1. The van der Waals surface area contributed by atoms with Crippen LogP contribution in [0.15, 0.2) is 12.1 Å². The number of aromatic nitrogens is 4. The quantitative estimate of drug-likeness (QED) is 0.374. The molecule has 0 aliphatic rings. The molecule has 32 heavy (non-hydrogen) atoms. The van der Waals surface area contributed by atoms with Gasteiger partial charge >= 0.3 is 0 Å². The number of nitrogens with one attached hydrogen (secondary N) is 1. The summed E-state index contributed by atoms with van der Waals surface area (Å²) in [4.78, 5) is 16.7. The molecule has 0 saturated heterocycles. The second-order valence-electron chi connectivity index (χ2n) is 8.39. The van der Waals surface area contributed by atoms with E-state index in [1.165, 1.54) is 0 Å². The van der Waals surface area contributed by atoms with Gasteiger partial charge in [0.15, 0.2) is 17.3 Å². The number of carbonyl (C=O) groups excluding carboxylic acids is 1. The maximum atomic E-state index is 11.9. The molecule has 8 heteroatoms. The standard InChI is InChI=1S/C24H35N5O3/c1-6-31-21-14-19-20(15-22(21)32-7-2)29-17(5)27-28-24(29)23(26-19)25-12-10-8-9-11-18(30)13-16(3)4/h14-16H,6-13H2,1-5H3,(H,25,26). The lowest BCUT2D eigenvalue weighted by molar-refractivity contribution is -0.119. The van der Waals surface area contributed by atoms with E-state index in [2.05, 4.69) is 29.4 Å². The highest BCUT2D eigenvalue weighted by atomic mass is 16.5. The van der Waals surface area contributed by atoms with E-state index in [1.807, 2.05) is 37.3 Å².